The summed E-state index contributed by atoms with van der Waals surface area (Å²) in [7, 11) is -1.48. The summed E-state index contributed by atoms with van der Waals surface area (Å²) in [5.74, 6) is -0.232. The van der Waals surface area contributed by atoms with E-state index in [4.69, 9.17) is 0 Å². The number of nitrogens with one attached hydrogen (secondary N) is 2. The highest BCUT2D eigenvalue weighted by molar-refractivity contribution is 6.88. The average Bonchev–Trinajstić information content (AvgIpc) is 2.76. The Balaban J connectivity index is 2.07. The van der Waals surface area contributed by atoms with Gasteiger partial charge in [0.15, 0.2) is 0 Å². The van der Waals surface area contributed by atoms with E-state index in [1.165, 1.54) is 12.1 Å². The Morgan fingerprint density at radius 2 is 1.83 bits per heavy atom. The summed E-state index contributed by atoms with van der Waals surface area (Å²) in [6.45, 7) is 7.28. The van der Waals surface area contributed by atoms with Crippen LogP contribution in [0.25, 0.3) is 0 Å². The van der Waals surface area contributed by atoms with Gasteiger partial charge < -0.3 is 5.32 Å². The van der Waals surface area contributed by atoms with E-state index >= 15 is 0 Å². The highest BCUT2D eigenvalue weighted by Crippen LogP contribution is 2.10. The van der Waals surface area contributed by atoms with Crippen molar-refractivity contribution in [3.8, 4) is 0 Å². The van der Waals surface area contributed by atoms with Gasteiger partial charge in [-0.05, 0) is 24.3 Å². The van der Waals surface area contributed by atoms with Crippen LogP contribution in [0.5, 0.6) is 0 Å². The van der Waals surface area contributed by atoms with Gasteiger partial charge in [-0.1, -0.05) is 19.6 Å². The molecule has 4 nitrogen and oxygen atoms in total. The monoisotopic (exact) mass is 264 g/mol. The smallest absolute Gasteiger partial charge is 0.123 e. The molecule has 0 atom stereocenters. The molecular formula is C12H17FN4Si. The number of halogens is 1. The molecule has 0 aliphatic rings. The van der Waals surface area contributed by atoms with Gasteiger partial charge in [-0.3, -0.25) is 0 Å². The Morgan fingerprint density at radius 3 is 2.44 bits per heavy atom. The zero-order valence-corrected chi connectivity index (χ0v) is 11.8. The summed E-state index contributed by atoms with van der Waals surface area (Å²) in [5.41, 5.74) is 1.82. The fourth-order valence-electron chi connectivity index (χ4n) is 1.73. The van der Waals surface area contributed by atoms with Gasteiger partial charge in [0.1, 0.15) is 19.6 Å². The second kappa shape index (κ2) is 4.89. The molecule has 0 aliphatic carbocycles. The van der Waals surface area contributed by atoms with Crippen molar-refractivity contribution in [2.24, 2.45) is 0 Å². The van der Waals surface area contributed by atoms with Gasteiger partial charge in [0.2, 0.25) is 0 Å². The molecule has 18 heavy (non-hydrogen) atoms. The predicted molar refractivity (Wildman–Crippen MR) is 73.1 cm³/mol. The molecule has 2 rings (SSSR count). The zero-order valence-electron chi connectivity index (χ0n) is 10.8. The van der Waals surface area contributed by atoms with Crippen LogP contribution in [-0.4, -0.2) is 23.5 Å². The largest absolute Gasteiger partial charge is 0.379 e. The zero-order chi connectivity index (χ0) is 13.2. The lowest BCUT2D eigenvalue weighted by atomic mass is 10.3. The molecule has 0 aliphatic heterocycles. The van der Waals surface area contributed by atoms with E-state index < -0.39 is 8.07 Å². The molecule has 0 spiro atoms. The highest BCUT2D eigenvalue weighted by atomic mass is 28.3. The van der Waals surface area contributed by atoms with Gasteiger partial charge in [0.05, 0.1) is 11.9 Å². The topological polar surface area (TPSA) is 53.6 Å². The van der Waals surface area contributed by atoms with Crippen molar-refractivity contribution in [1.82, 2.24) is 15.4 Å². The number of benzene rings is 1. The summed E-state index contributed by atoms with van der Waals surface area (Å²) >= 11 is 0. The number of aromatic amines is 1. The maximum Gasteiger partial charge on any atom is 0.123 e. The van der Waals surface area contributed by atoms with Crippen molar-refractivity contribution in [3.63, 3.8) is 0 Å². The molecule has 0 bridgehead atoms. The third-order valence-corrected chi connectivity index (χ3v) is 4.46. The number of nitrogens with zero attached hydrogens (tertiary/aromatic N) is 2. The van der Waals surface area contributed by atoms with E-state index in [0.29, 0.717) is 6.54 Å². The summed E-state index contributed by atoms with van der Waals surface area (Å²) in [4.78, 5) is 0. The summed E-state index contributed by atoms with van der Waals surface area (Å²) in [6.07, 6.45) is 0. The van der Waals surface area contributed by atoms with Crippen LogP contribution in [0.4, 0.5) is 10.1 Å². The van der Waals surface area contributed by atoms with Crippen LogP contribution in [0.2, 0.25) is 19.6 Å². The molecule has 0 amide bonds. The average molecular weight is 264 g/mol. The predicted octanol–water partition coefficient (Wildman–Crippen LogP) is 2.10. The van der Waals surface area contributed by atoms with Crippen molar-refractivity contribution in [2.45, 2.75) is 26.2 Å². The number of anilines is 1. The molecular weight excluding hydrogens is 247 g/mol. The molecule has 0 radical (unpaired) electrons. The second-order valence-corrected chi connectivity index (χ2v) is 10.2. The Kier molecular flexibility index (Phi) is 3.47. The van der Waals surface area contributed by atoms with Gasteiger partial charge in [0, 0.05) is 5.69 Å². The molecule has 96 valence electrons. The fourth-order valence-corrected chi connectivity index (χ4v) is 3.13. The van der Waals surface area contributed by atoms with Crippen LogP contribution in [0.1, 0.15) is 5.69 Å². The molecule has 1 aromatic heterocycles. The van der Waals surface area contributed by atoms with Crippen LogP contribution in [0.15, 0.2) is 24.3 Å². The molecule has 1 heterocycles. The quantitative estimate of drug-likeness (QED) is 0.832. The molecule has 2 N–H and O–H groups in total. The van der Waals surface area contributed by atoms with Gasteiger partial charge in [-0.15, -0.1) is 0 Å². The van der Waals surface area contributed by atoms with Crippen molar-refractivity contribution in [2.75, 3.05) is 5.32 Å². The lowest BCUT2D eigenvalue weighted by molar-refractivity contribution is 0.628. The van der Waals surface area contributed by atoms with Crippen LogP contribution in [0.3, 0.4) is 0 Å². The third-order valence-electron chi connectivity index (χ3n) is 2.63. The third kappa shape index (κ3) is 2.95. The standard InChI is InChI=1S/C12H17FN4Si/c1-18(2,3)12-11(15-17-16-12)8-14-10-6-4-9(13)5-7-10/h4-7,14H,8H2,1-3H3,(H,15,16,17). The molecule has 0 saturated heterocycles. The number of hydrogen-bond donors (Lipinski definition) is 2. The maximum absolute atomic E-state index is 12.8. The van der Waals surface area contributed by atoms with Crippen molar-refractivity contribution in [1.29, 1.82) is 0 Å². The molecule has 0 fully saturated rings. The van der Waals surface area contributed by atoms with Crippen LogP contribution in [-0.2, 0) is 6.54 Å². The lowest BCUT2D eigenvalue weighted by Crippen LogP contribution is -2.41. The van der Waals surface area contributed by atoms with Gasteiger partial charge in [0.25, 0.3) is 0 Å². The number of rotatable bonds is 4. The molecule has 0 saturated carbocycles. The minimum Gasteiger partial charge on any atom is -0.379 e. The normalized spacial score (nSPS) is 11.6. The van der Waals surface area contributed by atoms with Crippen molar-refractivity contribution >= 4 is 19.1 Å². The maximum atomic E-state index is 12.8. The van der Waals surface area contributed by atoms with E-state index in [1.54, 1.807) is 12.1 Å². The number of aromatic nitrogens is 3. The second-order valence-electron chi connectivity index (χ2n) is 5.23. The Hall–Kier alpha value is -1.69. The first kappa shape index (κ1) is 12.8. The van der Waals surface area contributed by atoms with Crippen molar-refractivity contribution < 1.29 is 4.39 Å². The van der Waals surface area contributed by atoms with Crippen LogP contribution >= 0.6 is 0 Å². The molecule has 6 heteroatoms. The van der Waals surface area contributed by atoms with E-state index in [-0.39, 0.29) is 5.82 Å². The number of hydrogen-bond acceptors (Lipinski definition) is 3. The summed E-state index contributed by atoms with van der Waals surface area (Å²) in [5, 5.41) is 15.4. The molecule has 1 aromatic carbocycles. The van der Waals surface area contributed by atoms with Crippen molar-refractivity contribution in [3.05, 3.63) is 35.8 Å². The first-order chi connectivity index (χ1) is 8.47. The van der Waals surface area contributed by atoms with Crippen LogP contribution < -0.4 is 10.6 Å². The van der Waals surface area contributed by atoms with Gasteiger partial charge >= 0.3 is 0 Å². The van der Waals surface area contributed by atoms with Gasteiger partial charge in [-0.2, -0.15) is 15.4 Å². The SMILES string of the molecule is C[Si](C)(C)c1n[nH]nc1CNc1ccc(F)cc1. The molecule has 2 aromatic rings. The summed E-state index contributed by atoms with van der Waals surface area (Å²) < 4.78 is 12.8. The highest BCUT2D eigenvalue weighted by Gasteiger charge is 2.24. The first-order valence-corrected chi connectivity index (χ1v) is 9.36. The van der Waals surface area contributed by atoms with Gasteiger partial charge in [-0.25, -0.2) is 4.39 Å². The van der Waals surface area contributed by atoms with E-state index in [0.717, 1.165) is 16.7 Å². The first-order valence-electron chi connectivity index (χ1n) is 5.86. The van der Waals surface area contributed by atoms with E-state index in [9.17, 15) is 4.39 Å². The minimum atomic E-state index is -1.48. The Labute approximate surface area is 107 Å². The minimum absolute atomic E-state index is 0.232. The summed E-state index contributed by atoms with van der Waals surface area (Å²) in [6, 6.07) is 6.29. The van der Waals surface area contributed by atoms with E-state index in [1.807, 2.05) is 0 Å². The molecule has 0 unspecified atom stereocenters. The lowest BCUT2D eigenvalue weighted by Gasteiger charge is -2.14. The van der Waals surface area contributed by atoms with E-state index in [2.05, 4.69) is 40.4 Å². The Bertz CT molecular complexity index is 516. The van der Waals surface area contributed by atoms with Crippen LogP contribution in [0, 0.1) is 5.82 Å². The Morgan fingerprint density at radius 1 is 1.17 bits per heavy atom. The fraction of sp³-hybridized carbons (Fsp3) is 0.333. The number of H-pyrrole nitrogens is 1.